The van der Waals surface area contributed by atoms with Crippen molar-refractivity contribution in [2.75, 3.05) is 11.9 Å². The van der Waals surface area contributed by atoms with Gasteiger partial charge in [0, 0.05) is 22.5 Å². The Morgan fingerprint density at radius 3 is 2.41 bits per heavy atom. The van der Waals surface area contributed by atoms with Gasteiger partial charge in [0.05, 0.1) is 23.4 Å². The Hall–Kier alpha value is -3.65. The molecule has 4 rings (SSSR count). The third-order valence-electron chi connectivity index (χ3n) is 5.57. The molecule has 0 saturated carbocycles. The maximum absolute atomic E-state index is 14.0. The van der Waals surface area contributed by atoms with Crippen LogP contribution in [0.5, 0.6) is 0 Å². The summed E-state index contributed by atoms with van der Waals surface area (Å²) >= 11 is 0. The van der Waals surface area contributed by atoms with E-state index < -0.39 is 21.8 Å². The van der Waals surface area contributed by atoms with E-state index in [0.717, 1.165) is 16.9 Å². The largest absolute Gasteiger partial charge is 0.466 e. The van der Waals surface area contributed by atoms with Gasteiger partial charge in [-0.15, -0.1) is 0 Å². The van der Waals surface area contributed by atoms with E-state index in [9.17, 15) is 17.6 Å². The van der Waals surface area contributed by atoms with Crippen LogP contribution in [0.2, 0.25) is 0 Å². The fraction of sp³-hybridized carbons (Fsp3) is 0.192. The van der Waals surface area contributed by atoms with Crippen molar-refractivity contribution in [3.8, 4) is 0 Å². The zero-order valence-corrected chi connectivity index (χ0v) is 19.9. The zero-order valence-electron chi connectivity index (χ0n) is 19.1. The molecule has 176 valence electrons. The second-order valence-corrected chi connectivity index (χ2v) is 9.78. The van der Waals surface area contributed by atoms with E-state index in [-0.39, 0.29) is 17.9 Å². The first kappa shape index (κ1) is 23.5. The number of fused-ring (bicyclic) bond motifs is 1. The Morgan fingerprint density at radius 1 is 1.00 bits per heavy atom. The van der Waals surface area contributed by atoms with Crippen LogP contribution in [-0.4, -0.2) is 25.0 Å². The number of carbonyl (C=O) groups is 1. The van der Waals surface area contributed by atoms with Crippen molar-refractivity contribution in [1.82, 2.24) is 3.97 Å². The number of rotatable bonds is 7. The molecule has 0 atom stereocenters. The average molecular weight is 481 g/mol. The van der Waals surface area contributed by atoms with Gasteiger partial charge < -0.3 is 10.1 Å². The molecular weight excluding hydrogens is 455 g/mol. The lowest BCUT2D eigenvalue weighted by atomic mass is 10.1. The van der Waals surface area contributed by atoms with E-state index in [1.54, 1.807) is 26.0 Å². The van der Waals surface area contributed by atoms with Crippen LogP contribution >= 0.6 is 0 Å². The number of hydrogen-bond acceptors (Lipinski definition) is 5. The molecule has 1 heterocycles. The van der Waals surface area contributed by atoms with Crippen molar-refractivity contribution in [2.45, 2.75) is 32.1 Å². The maximum atomic E-state index is 14.0. The fourth-order valence-corrected chi connectivity index (χ4v) is 5.60. The lowest BCUT2D eigenvalue weighted by Crippen LogP contribution is -2.15. The molecule has 34 heavy (non-hydrogen) atoms. The second-order valence-electron chi connectivity index (χ2n) is 8.00. The number of carbonyl (C=O) groups excluding carboxylic acids is 1. The Labute approximate surface area is 198 Å². The lowest BCUT2D eigenvalue weighted by molar-refractivity contribution is -0.142. The van der Waals surface area contributed by atoms with E-state index in [4.69, 9.17) is 4.74 Å². The standard InChI is InChI=1S/C26H25FN2O4S/c1-4-33-26(30)16-23-18(3)29(25-13-8-19(27)15-24(23)25)34(31,32)22-11-9-20(10-12-22)28-21-7-5-6-17(2)14-21/h5-15,28H,4,16H2,1-3H3. The minimum Gasteiger partial charge on any atom is -0.466 e. The maximum Gasteiger partial charge on any atom is 0.310 e. The molecule has 0 unspecified atom stereocenters. The minimum absolute atomic E-state index is 0.0781. The van der Waals surface area contributed by atoms with Crippen LogP contribution in [0.15, 0.2) is 71.6 Å². The van der Waals surface area contributed by atoms with Gasteiger partial charge in [0.15, 0.2) is 0 Å². The van der Waals surface area contributed by atoms with Crippen LogP contribution in [0.1, 0.15) is 23.7 Å². The first-order valence-corrected chi connectivity index (χ1v) is 12.3. The normalized spacial score (nSPS) is 11.5. The van der Waals surface area contributed by atoms with Crippen molar-refractivity contribution in [3.63, 3.8) is 0 Å². The van der Waals surface area contributed by atoms with Crippen molar-refractivity contribution in [3.05, 3.63) is 89.4 Å². The molecular formula is C26H25FN2O4S. The minimum atomic E-state index is -4.02. The van der Waals surface area contributed by atoms with Gasteiger partial charge in [0.2, 0.25) is 0 Å². The van der Waals surface area contributed by atoms with Crippen LogP contribution in [0.3, 0.4) is 0 Å². The Morgan fingerprint density at radius 2 is 1.74 bits per heavy atom. The second kappa shape index (κ2) is 9.30. The number of aromatic nitrogens is 1. The molecule has 0 aliphatic rings. The predicted molar refractivity (Wildman–Crippen MR) is 130 cm³/mol. The summed E-state index contributed by atoms with van der Waals surface area (Å²) in [6.45, 7) is 5.49. The van der Waals surface area contributed by atoms with Crippen LogP contribution < -0.4 is 5.32 Å². The van der Waals surface area contributed by atoms with Crippen LogP contribution in [0.4, 0.5) is 15.8 Å². The molecule has 1 aromatic heterocycles. The van der Waals surface area contributed by atoms with Crippen LogP contribution in [0.25, 0.3) is 10.9 Å². The quantitative estimate of drug-likeness (QED) is 0.354. The third-order valence-corrected chi connectivity index (χ3v) is 7.39. The summed E-state index contributed by atoms with van der Waals surface area (Å²) in [6, 6.07) is 18.1. The Bertz CT molecular complexity index is 1470. The molecule has 0 fully saturated rings. The highest BCUT2D eigenvalue weighted by atomic mass is 32.2. The summed E-state index contributed by atoms with van der Waals surface area (Å²) in [7, 11) is -4.02. The van der Waals surface area contributed by atoms with Crippen LogP contribution in [-0.2, 0) is 26.0 Å². The summed E-state index contributed by atoms with van der Waals surface area (Å²) in [5, 5.41) is 3.62. The fourth-order valence-electron chi connectivity index (χ4n) is 4.02. The number of anilines is 2. The van der Waals surface area contributed by atoms with Gasteiger partial charge in [0.25, 0.3) is 10.0 Å². The summed E-state index contributed by atoms with van der Waals surface area (Å²) in [5.74, 6) is -1.02. The molecule has 0 bridgehead atoms. The molecule has 0 amide bonds. The monoisotopic (exact) mass is 480 g/mol. The average Bonchev–Trinajstić information content (AvgIpc) is 3.05. The van der Waals surface area contributed by atoms with Crippen molar-refractivity contribution >= 4 is 38.3 Å². The van der Waals surface area contributed by atoms with Gasteiger partial charge in [-0.2, -0.15) is 0 Å². The van der Waals surface area contributed by atoms with E-state index in [1.165, 1.54) is 34.3 Å². The molecule has 0 saturated heterocycles. The summed E-state index contributed by atoms with van der Waals surface area (Å²) in [4.78, 5) is 12.2. The SMILES string of the molecule is CCOC(=O)Cc1c(C)n(S(=O)(=O)c2ccc(Nc3cccc(C)c3)cc2)c2ccc(F)cc12. The Kier molecular flexibility index (Phi) is 6.43. The lowest BCUT2D eigenvalue weighted by Gasteiger charge is -2.12. The van der Waals surface area contributed by atoms with E-state index in [2.05, 4.69) is 5.32 Å². The van der Waals surface area contributed by atoms with Crippen molar-refractivity contribution < 1.29 is 22.3 Å². The highest BCUT2D eigenvalue weighted by Crippen LogP contribution is 2.32. The molecule has 4 aromatic rings. The summed E-state index contributed by atoms with van der Waals surface area (Å²) < 4.78 is 47.5. The number of benzene rings is 3. The first-order chi connectivity index (χ1) is 16.2. The number of nitrogens with zero attached hydrogens (tertiary/aromatic N) is 1. The number of nitrogens with one attached hydrogen (secondary N) is 1. The number of ether oxygens (including phenoxy) is 1. The smallest absolute Gasteiger partial charge is 0.310 e. The number of hydrogen-bond donors (Lipinski definition) is 1. The Balaban J connectivity index is 1.74. The highest BCUT2D eigenvalue weighted by Gasteiger charge is 2.26. The molecule has 0 spiro atoms. The van der Waals surface area contributed by atoms with E-state index >= 15 is 0 Å². The van der Waals surface area contributed by atoms with Gasteiger partial charge in [-0.25, -0.2) is 16.8 Å². The number of halogens is 1. The molecule has 0 radical (unpaired) electrons. The molecule has 0 aliphatic heterocycles. The van der Waals surface area contributed by atoms with Crippen molar-refractivity contribution in [2.24, 2.45) is 0 Å². The van der Waals surface area contributed by atoms with Gasteiger partial charge in [-0.1, -0.05) is 12.1 Å². The van der Waals surface area contributed by atoms with Gasteiger partial charge in [-0.3, -0.25) is 4.79 Å². The van der Waals surface area contributed by atoms with Gasteiger partial charge >= 0.3 is 5.97 Å². The summed E-state index contributed by atoms with van der Waals surface area (Å²) in [5.41, 5.74) is 3.82. The van der Waals surface area contributed by atoms with Gasteiger partial charge in [-0.05, 0) is 86.5 Å². The van der Waals surface area contributed by atoms with Crippen LogP contribution in [0, 0.1) is 19.7 Å². The van der Waals surface area contributed by atoms with Gasteiger partial charge in [0.1, 0.15) is 5.82 Å². The number of aryl methyl sites for hydroxylation is 1. The third kappa shape index (κ3) is 4.54. The van der Waals surface area contributed by atoms with Crippen molar-refractivity contribution in [1.29, 1.82) is 0 Å². The van der Waals surface area contributed by atoms with E-state index in [1.807, 2.05) is 31.2 Å². The molecule has 8 heteroatoms. The number of esters is 1. The highest BCUT2D eigenvalue weighted by molar-refractivity contribution is 7.90. The first-order valence-electron chi connectivity index (χ1n) is 10.8. The molecule has 6 nitrogen and oxygen atoms in total. The molecule has 1 N–H and O–H groups in total. The molecule has 0 aliphatic carbocycles. The summed E-state index contributed by atoms with van der Waals surface area (Å²) in [6.07, 6.45) is -0.151. The van der Waals surface area contributed by atoms with E-state index in [0.29, 0.717) is 22.2 Å². The zero-order chi connectivity index (χ0) is 24.5. The predicted octanol–water partition coefficient (Wildman–Crippen LogP) is 5.48. The topological polar surface area (TPSA) is 77.4 Å². The molecule has 3 aromatic carbocycles.